The monoisotopic (exact) mass is 433 g/mol. The van der Waals surface area contributed by atoms with Crippen molar-refractivity contribution in [3.63, 3.8) is 0 Å². The molecule has 1 N–H and O–H groups in total. The van der Waals surface area contributed by atoms with Gasteiger partial charge in [0.1, 0.15) is 0 Å². The zero-order chi connectivity index (χ0) is 22.7. The van der Waals surface area contributed by atoms with Crippen molar-refractivity contribution < 1.29 is 9.53 Å². The highest BCUT2D eigenvalue weighted by Gasteiger charge is 2.26. The Kier molecular flexibility index (Phi) is 6.53. The molecule has 0 saturated carbocycles. The molecule has 1 atom stereocenters. The van der Waals surface area contributed by atoms with Crippen LogP contribution in [0.2, 0.25) is 0 Å². The zero-order valence-corrected chi connectivity index (χ0v) is 19.3. The number of hydrogen-bond donors (Lipinski definition) is 1. The van der Waals surface area contributed by atoms with Gasteiger partial charge in [0.25, 0.3) is 0 Å². The fraction of sp³-hybridized carbons (Fsp3) is 0.440. The molecule has 1 aliphatic rings. The Morgan fingerprint density at radius 2 is 1.91 bits per heavy atom. The molecule has 0 aliphatic heterocycles. The van der Waals surface area contributed by atoms with Crippen molar-refractivity contribution in [3.8, 4) is 17.3 Å². The van der Waals surface area contributed by atoms with Crippen LogP contribution in [0.4, 0.5) is 0 Å². The first-order chi connectivity index (χ1) is 15.5. The van der Waals surface area contributed by atoms with Crippen LogP contribution in [0.1, 0.15) is 48.0 Å². The van der Waals surface area contributed by atoms with Gasteiger partial charge in [-0.25, -0.2) is 4.98 Å². The van der Waals surface area contributed by atoms with Crippen LogP contribution in [0.5, 0.6) is 5.88 Å². The standard InChI is InChI=1S/C25H31N5O2/c1-5-32-25-20-13-11-19(24(31)26-15-21-16(2)29-30(4)17(21)3)12-14-22(20)27-23(28-25)18-9-7-6-8-10-18/h6-10,19H,5,11-15H2,1-4H3,(H,26,31). The average Bonchev–Trinajstić information content (AvgIpc) is 2.95. The molecule has 4 rings (SSSR count). The number of nitrogens with zero attached hydrogens (tertiary/aromatic N) is 4. The SMILES string of the molecule is CCOc1nc(-c2ccccc2)nc2c1CCC(C(=O)NCc1c(C)nn(C)c1C)CC2. The lowest BCUT2D eigenvalue weighted by Gasteiger charge is -2.14. The highest BCUT2D eigenvalue weighted by Crippen LogP contribution is 2.31. The number of aromatic nitrogens is 4. The van der Waals surface area contributed by atoms with E-state index >= 15 is 0 Å². The van der Waals surface area contributed by atoms with Crippen LogP contribution in [0, 0.1) is 19.8 Å². The number of amides is 1. The van der Waals surface area contributed by atoms with Crippen LogP contribution < -0.4 is 10.1 Å². The largest absolute Gasteiger partial charge is 0.478 e. The first-order valence-corrected chi connectivity index (χ1v) is 11.3. The molecule has 7 heteroatoms. The number of nitrogens with one attached hydrogen (secondary N) is 1. The van der Waals surface area contributed by atoms with E-state index in [1.807, 2.05) is 62.8 Å². The number of fused-ring (bicyclic) bond motifs is 1. The van der Waals surface area contributed by atoms with Gasteiger partial charge in [-0.1, -0.05) is 30.3 Å². The lowest BCUT2D eigenvalue weighted by molar-refractivity contribution is -0.125. The second-order valence-electron chi connectivity index (χ2n) is 8.34. The van der Waals surface area contributed by atoms with E-state index in [0.29, 0.717) is 24.9 Å². The Bertz CT molecular complexity index is 1110. The van der Waals surface area contributed by atoms with Crippen molar-refractivity contribution in [2.24, 2.45) is 13.0 Å². The van der Waals surface area contributed by atoms with Gasteiger partial charge in [-0.2, -0.15) is 10.1 Å². The van der Waals surface area contributed by atoms with Crippen molar-refractivity contribution in [1.82, 2.24) is 25.1 Å². The van der Waals surface area contributed by atoms with Gasteiger partial charge in [0, 0.05) is 41.9 Å². The lowest BCUT2D eigenvalue weighted by Crippen LogP contribution is -2.30. The number of rotatable bonds is 6. The van der Waals surface area contributed by atoms with E-state index in [-0.39, 0.29) is 11.8 Å². The fourth-order valence-electron chi connectivity index (χ4n) is 4.37. The lowest BCUT2D eigenvalue weighted by atomic mass is 9.98. The summed E-state index contributed by atoms with van der Waals surface area (Å²) in [6.45, 7) is 7.03. The van der Waals surface area contributed by atoms with Crippen LogP contribution >= 0.6 is 0 Å². The van der Waals surface area contributed by atoms with Crippen LogP contribution in [0.15, 0.2) is 30.3 Å². The Balaban J connectivity index is 1.50. The molecule has 32 heavy (non-hydrogen) atoms. The molecule has 3 aromatic rings. The smallest absolute Gasteiger partial charge is 0.223 e. The summed E-state index contributed by atoms with van der Waals surface area (Å²) < 4.78 is 7.75. The minimum Gasteiger partial charge on any atom is -0.478 e. The number of carbonyl (C=O) groups excluding carboxylic acids is 1. The molecule has 1 aliphatic carbocycles. The molecular formula is C25H31N5O2. The van der Waals surface area contributed by atoms with Crippen LogP contribution in [-0.2, 0) is 31.2 Å². The Labute approximate surface area is 189 Å². The molecule has 0 fully saturated rings. The van der Waals surface area contributed by atoms with Crippen molar-refractivity contribution in [2.45, 2.75) is 53.0 Å². The van der Waals surface area contributed by atoms with Crippen molar-refractivity contribution >= 4 is 5.91 Å². The maximum absolute atomic E-state index is 13.0. The first kappa shape index (κ1) is 22.0. The van der Waals surface area contributed by atoms with E-state index < -0.39 is 0 Å². The predicted octanol–water partition coefficient (Wildman–Crippen LogP) is 3.70. The molecule has 0 spiro atoms. The summed E-state index contributed by atoms with van der Waals surface area (Å²) in [6.07, 6.45) is 3.00. The first-order valence-electron chi connectivity index (χ1n) is 11.3. The fourth-order valence-corrected chi connectivity index (χ4v) is 4.37. The van der Waals surface area contributed by atoms with E-state index in [9.17, 15) is 4.79 Å². The maximum Gasteiger partial charge on any atom is 0.223 e. The Morgan fingerprint density at radius 3 is 2.59 bits per heavy atom. The topological polar surface area (TPSA) is 81.9 Å². The van der Waals surface area contributed by atoms with Gasteiger partial charge in [0.2, 0.25) is 11.8 Å². The summed E-state index contributed by atoms with van der Waals surface area (Å²) in [5.74, 6) is 1.36. The Hall–Kier alpha value is -3.22. The van der Waals surface area contributed by atoms with Gasteiger partial charge in [-0.05, 0) is 46.5 Å². The summed E-state index contributed by atoms with van der Waals surface area (Å²) in [6, 6.07) is 9.96. The molecule has 1 unspecified atom stereocenters. The minimum atomic E-state index is -0.0591. The molecule has 1 amide bonds. The number of hydrogen-bond acceptors (Lipinski definition) is 5. The van der Waals surface area contributed by atoms with Gasteiger partial charge in [-0.15, -0.1) is 0 Å². The summed E-state index contributed by atoms with van der Waals surface area (Å²) in [4.78, 5) is 22.6. The molecule has 0 bridgehead atoms. The second kappa shape index (κ2) is 9.51. The van der Waals surface area contributed by atoms with Crippen molar-refractivity contribution in [1.29, 1.82) is 0 Å². The number of ether oxygens (including phenoxy) is 1. The van der Waals surface area contributed by atoms with E-state index in [0.717, 1.165) is 59.5 Å². The highest BCUT2D eigenvalue weighted by molar-refractivity contribution is 5.78. The van der Waals surface area contributed by atoms with E-state index in [2.05, 4.69) is 10.4 Å². The maximum atomic E-state index is 13.0. The zero-order valence-electron chi connectivity index (χ0n) is 19.3. The third-order valence-corrected chi connectivity index (χ3v) is 6.31. The van der Waals surface area contributed by atoms with Crippen molar-refractivity contribution in [2.75, 3.05) is 6.61 Å². The number of carbonyl (C=O) groups is 1. The number of benzene rings is 1. The van der Waals surface area contributed by atoms with E-state index in [1.165, 1.54) is 0 Å². The molecule has 1 aromatic carbocycles. The predicted molar refractivity (Wildman–Crippen MR) is 123 cm³/mol. The second-order valence-corrected chi connectivity index (χ2v) is 8.34. The van der Waals surface area contributed by atoms with Crippen LogP contribution in [-0.4, -0.2) is 32.3 Å². The third-order valence-electron chi connectivity index (χ3n) is 6.31. The summed E-state index contributed by atoms with van der Waals surface area (Å²) in [7, 11) is 1.93. The Morgan fingerprint density at radius 1 is 1.16 bits per heavy atom. The summed E-state index contributed by atoms with van der Waals surface area (Å²) in [5, 5.41) is 7.58. The van der Waals surface area contributed by atoms with Gasteiger partial charge in [0.15, 0.2) is 5.82 Å². The quantitative estimate of drug-likeness (QED) is 0.600. The van der Waals surface area contributed by atoms with E-state index in [1.54, 1.807) is 0 Å². The number of aryl methyl sites for hydroxylation is 3. The van der Waals surface area contributed by atoms with Gasteiger partial charge < -0.3 is 10.1 Å². The minimum absolute atomic E-state index is 0.0591. The van der Waals surface area contributed by atoms with Crippen molar-refractivity contribution in [3.05, 3.63) is 58.5 Å². The summed E-state index contributed by atoms with van der Waals surface area (Å²) in [5.41, 5.74) is 6.15. The van der Waals surface area contributed by atoms with Gasteiger partial charge >= 0.3 is 0 Å². The van der Waals surface area contributed by atoms with Gasteiger partial charge in [-0.3, -0.25) is 9.48 Å². The highest BCUT2D eigenvalue weighted by atomic mass is 16.5. The van der Waals surface area contributed by atoms with E-state index in [4.69, 9.17) is 14.7 Å². The molecule has 2 heterocycles. The molecule has 2 aromatic heterocycles. The molecule has 0 radical (unpaired) electrons. The molecule has 7 nitrogen and oxygen atoms in total. The molecule has 0 saturated heterocycles. The van der Waals surface area contributed by atoms with Gasteiger partial charge in [0.05, 0.1) is 18.0 Å². The average molecular weight is 434 g/mol. The van der Waals surface area contributed by atoms with Crippen LogP contribution in [0.3, 0.4) is 0 Å². The summed E-state index contributed by atoms with van der Waals surface area (Å²) >= 11 is 0. The van der Waals surface area contributed by atoms with Crippen LogP contribution in [0.25, 0.3) is 11.4 Å². The molecule has 168 valence electrons. The normalized spacial score (nSPS) is 15.7. The molecular weight excluding hydrogens is 402 g/mol. The third kappa shape index (κ3) is 4.52.